The van der Waals surface area contributed by atoms with Crippen LogP contribution < -0.4 is 0 Å². The molecule has 0 bridgehead atoms. The molecule has 0 aliphatic heterocycles. The van der Waals surface area contributed by atoms with E-state index in [0.717, 1.165) is 30.2 Å². The molecule has 1 aliphatic rings. The molecule has 0 unspecified atom stereocenters. The number of hydrogen-bond donors (Lipinski definition) is 1. The number of aromatic amines is 1. The van der Waals surface area contributed by atoms with Gasteiger partial charge in [-0.1, -0.05) is 24.6 Å². The Morgan fingerprint density at radius 3 is 2.75 bits per heavy atom. The first-order chi connectivity index (χ1) is 9.66. The second-order valence-corrected chi connectivity index (χ2v) is 5.32. The van der Waals surface area contributed by atoms with Gasteiger partial charge in [-0.3, -0.25) is 9.59 Å². The maximum Gasteiger partial charge on any atom is 0.309 e. The van der Waals surface area contributed by atoms with Crippen molar-refractivity contribution in [2.75, 3.05) is 0 Å². The molecule has 0 amide bonds. The van der Waals surface area contributed by atoms with Gasteiger partial charge in [0.15, 0.2) is 6.10 Å². The number of carbonyl (C=O) groups excluding carboxylic acids is 2. The van der Waals surface area contributed by atoms with E-state index < -0.39 is 6.10 Å². The largest absolute Gasteiger partial charge is 0.454 e. The topological polar surface area (TPSA) is 59.2 Å². The van der Waals surface area contributed by atoms with E-state index in [-0.39, 0.29) is 17.7 Å². The number of rotatable bonds is 4. The molecule has 2 aromatic rings. The van der Waals surface area contributed by atoms with Crippen LogP contribution in [0.25, 0.3) is 10.9 Å². The molecule has 1 N–H and O–H groups in total. The molecule has 4 nitrogen and oxygen atoms in total. The lowest BCUT2D eigenvalue weighted by atomic mass is 9.85. The number of hydrogen-bond acceptors (Lipinski definition) is 3. The highest BCUT2D eigenvalue weighted by atomic mass is 16.5. The first-order valence-corrected chi connectivity index (χ1v) is 6.97. The average Bonchev–Trinajstić information content (AvgIpc) is 2.79. The number of benzene rings is 1. The van der Waals surface area contributed by atoms with Gasteiger partial charge < -0.3 is 9.72 Å². The number of Topliss-reactive ketones (excluding diaryl/α,β-unsaturated/α-hetero) is 1. The number of esters is 1. The lowest BCUT2D eigenvalue weighted by Crippen LogP contribution is -2.31. The standard InChI is InChI=1S/C16H17NO3/c1-10(20-16(19)11-5-4-6-11)15(18)13-9-17-14-8-3-2-7-12(13)14/h2-3,7-11,17H,4-6H2,1H3/t10-/m1/s1. The van der Waals surface area contributed by atoms with Crippen LogP contribution in [0.15, 0.2) is 30.5 Å². The van der Waals surface area contributed by atoms with Gasteiger partial charge >= 0.3 is 5.97 Å². The van der Waals surface area contributed by atoms with Crippen molar-refractivity contribution in [3.8, 4) is 0 Å². The zero-order chi connectivity index (χ0) is 14.1. The van der Waals surface area contributed by atoms with E-state index in [9.17, 15) is 9.59 Å². The number of para-hydroxylation sites is 1. The van der Waals surface area contributed by atoms with Crippen LogP contribution in [0.5, 0.6) is 0 Å². The fraction of sp³-hybridized carbons (Fsp3) is 0.375. The molecule has 1 fully saturated rings. The summed E-state index contributed by atoms with van der Waals surface area (Å²) in [7, 11) is 0. The summed E-state index contributed by atoms with van der Waals surface area (Å²) < 4.78 is 5.29. The van der Waals surface area contributed by atoms with Crippen molar-refractivity contribution in [1.29, 1.82) is 0 Å². The number of ether oxygens (including phenoxy) is 1. The van der Waals surface area contributed by atoms with Gasteiger partial charge in [-0.2, -0.15) is 0 Å². The Bertz CT molecular complexity index is 655. The number of ketones is 1. The summed E-state index contributed by atoms with van der Waals surface area (Å²) >= 11 is 0. The first kappa shape index (κ1) is 12.9. The highest BCUT2D eigenvalue weighted by molar-refractivity contribution is 6.10. The monoisotopic (exact) mass is 271 g/mol. The van der Waals surface area contributed by atoms with Crippen LogP contribution in [0.2, 0.25) is 0 Å². The van der Waals surface area contributed by atoms with Gasteiger partial charge in [0, 0.05) is 22.7 Å². The predicted octanol–water partition coefficient (Wildman–Crippen LogP) is 3.08. The third kappa shape index (κ3) is 2.22. The van der Waals surface area contributed by atoms with Gasteiger partial charge in [0.1, 0.15) is 0 Å². The minimum Gasteiger partial charge on any atom is -0.454 e. The number of carbonyl (C=O) groups is 2. The normalized spacial score (nSPS) is 16.6. The van der Waals surface area contributed by atoms with Crippen molar-refractivity contribution in [3.63, 3.8) is 0 Å². The van der Waals surface area contributed by atoms with E-state index in [0.29, 0.717) is 5.56 Å². The van der Waals surface area contributed by atoms with Crippen molar-refractivity contribution >= 4 is 22.7 Å². The molecule has 1 aliphatic carbocycles. The summed E-state index contributed by atoms with van der Waals surface area (Å²) in [4.78, 5) is 27.2. The summed E-state index contributed by atoms with van der Waals surface area (Å²) in [6, 6.07) is 7.60. The highest BCUT2D eigenvalue weighted by Crippen LogP contribution is 2.28. The molecule has 1 atom stereocenters. The highest BCUT2D eigenvalue weighted by Gasteiger charge is 2.30. The van der Waals surface area contributed by atoms with Gasteiger partial charge in [0.05, 0.1) is 5.92 Å². The SMILES string of the molecule is C[C@@H](OC(=O)C1CCC1)C(=O)c1c[nH]c2ccccc12. The van der Waals surface area contributed by atoms with Crippen molar-refractivity contribution < 1.29 is 14.3 Å². The second-order valence-electron chi connectivity index (χ2n) is 5.32. The van der Waals surface area contributed by atoms with E-state index in [1.165, 1.54) is 0 Å². The molecule has 104 valence electrons. The number of aromatic nitrogens is 1. The molecule has 1 heterocycles. The molecular weight excluding hydrogens is 254 g/mol. The molecule has 1 saturated carbocycles. The zero-order valence-electron chi connectivity index (χ0n) is 11.4. The van der Waals surface area contributed by atoms with E-state index in [1.807, 2.05) is 24.3 Å². The summed E-state index contributed by atoms with van der Waals surface area (Å²) in [5.41, 5.74) is 1.49. The Balaban J connectivity index is 1.76. The zero-order valence-corrected chi connectivity index (χ0v) is 11.4. The number of fused-ring (bicyclic) bond motifs is 1. The summed E-state index contributed by atoms with van der Waals surface area (Å²) in [5, 5.41) is 0.865. The van der Waals surface area contributed by atoms with E-state index in [1.54, 1.807) is 13.1 Å². The van der Waals surface area contributed by atoms with Crippen LogP contribution in [-0.4, -0.2) is 22.8 Å². The lowest BCUT2D eigenvalue weighted by Gasteiger charge is -2.24. The molecule has 0 radical (unpaired) electrons. The minimum atomic E-state index is -0.734. The maximum atomic E-state index is 12.4. The van der Waals surface area contributed by atoms with Crippen LogP contribution in [0, 0.1) is 5.92 Å². The quantitative estimate of drug-likeness (QED) is 0.686. The van der Waals surface area contributed by atoms with Crippen LogP contribution in [0.4, 0.5) is 0 Å². The third-order valence-electron chi connectivity index (χ3n) is 3.96. The molecule has 1 aromatic carbocycles. The van der Waals surface area contributed by atoms with Crippen LogP contribution in [0.1, 0.15) is 36.5 Å². The van der Waals surface area contributed by atoms with Crippen molar-refractivity contribution in [3.05, 3.63) is 36.0 Å². The smallest absolute Gasteiger partial charge is 0.309 e. The van der Waals surface area contributed by atoms with Crippen LogP contribution >= 0.6 is 0 Å². The Labute approximate surface area is 117 Å². The summed E-state index contributed by atoms with van der Waals surface area (Å²) in [5.74, 6) is -0.403. The van der Waals surface area contributed by atoms with E-state index in [2.05, 4.69) is 4.98 Å². The fourth-order valence-corrected chi connectivity index (χ4v) is 2.46. The lowest BCUT2D eigenvalue weighted by molar-refractivity contribution is -0.154. The Morgan fingerprint density at radius 1 is 1.30 bits per heavy atom. The molecule has 3 rings (SSSR count). The molecule has 0 saturated heterocycles. The van der Waals surface area contributed by atoms with Gasteiger partial charge in [0.2, 0.25) is 5.78 Å². The predicted molar refractivity (Wildman–Crippen MR) is 75.5 cm³/mol. The maximum absolute atomic E-state index is 12.4. The Morgan fingerprint density at radius 2 is 2.05 bits per heavy atom. The van der Waals surface area contributed by atoms with E-state index in [4.69, 9.17) is 4.74 Å². The summed E-state index contributed by atoms with van der Waals surface area (Å²) in [6.07, 6.45) is 3.78. The molecule has 4 heteroatoms. The number of H-pyrrole nitrogens is 1. The van der Waals surface area contributed by atoms with Crippen molar-refractivity contribution in [2.45, 2.75) is 32.3 Å². The molecule has 1 aromatic heterocycles. The Kier molecular flexibility index (Phi) is 3.30. The molecular formula is C16H17NO3. The third-order valence-corrected chi connectivity index (χ3v) is 3.96. The summed E-state index contributed by atoms with van der Waals surface area (Å²) in [6.45, 7) is 1.64. The number of nitrogens with one attached hydrogen (secondary N) is 1. The van der Waals surface area contributed by atoms with Crippen LogP contribution in [0.3, 0.4) is 0 Å². The van der Waals surface area contributed by atoms with Gasteiger partial charge in [-0.25, -0.2) is 0 Å². The molecule has 0 spiro atoms. The van der Waals surface area contributed by atoms with Crippen molar-refractivity contribution in [1.82, 2.24) is 4.98 Å². The van der Waals surface area contributed by atoms with Gasteiger partial charge in [-0.15, -0.1) is 0 Å². The molecule has 20 heavy (non-hydrogen) atoms. The van der Waals surface area contributed by atoms with Crippen LogP contribution in [-0.2, 0) is 9.53 Å². The average molecular weight is 271 g/mol. The van der Waals surface area contributed by atoms with Gasteiger partial charge in [0.25, 0.3) is 0 Å². The first-order valence-electron chi connectivity index (χ1n) is 6.97. The minimum absolute atomic E-state index is 0.00628. The van der Waals surface area contributed by atoms with E-state index >= 15 is 0 Å². The second kappa shape index (κ2) is 5.12. The van der Waals surface area contributed by atoms with Crippen molar-refractivity contribution in [2.24, 2.45) is 5.92 Å². The van der Waals surface area contributed by atoms with Gasteiger partial charge in [-0.05, 0) is 25.8 Å². The Hall–Kier alpha value is -2.10. The fourth-order valence-electron chi connectivity index (χ4n) is 2.46.